The molecule has 2 aromatic heterocycles. The van der Waals surface area contributed by atoms with Crippen LogP contribution in [0.4, 0.5) is 0 Å². The lowest BCUT2D eigenvalue weighted by atomic mass is 10.3. The maximum atomic E-state index is 12.5. The van der Waals surface area contributed by atoms with Gasteiger partial charge in [-0.05, 0) is 36.8 Å². The zero-order valence-corrected chi connectivity index (χ0v) is 19.2. The first kappa shape index (κ1) is 20.9. The molecule has 9 heteroatoms. The van der Waals surface area contributed by atoms with Gasteiger partial charge in [-0.25, -0.2) is 22.7 Å². The number of sulfonamides is 1. The summed E-state index contributed by atoms with van der Waals surface area (Å²) in [4.78, 5) is 9.77. The molecule has 4 aromatic rings. The van der Waals surface area contributed by atoms with E-state index in [1.807, 2.05) is 31.3 Å². The molecule has 0 radical (unpaired) electrons. The fraction of sp³-hybridized carbons (Fsp3) is 0.333. The van der Waals surface area contributed by atoms with E-state index in [4.69, 9.17) is 9.97 Å². The van der Waals surface area contributed by atoms with Crippen LogP contribution in [0.5, 0.6) is 0 Å². The highest BCUT2D eigenvalue weighted by Crippen LogP contribution is 2.28. The van der Waals surface area contributed by atoms with Gasteiger partial charge < -0.3 is 9.13 Å². The fourth-order valence-electron chi connectivity index (χ4n) is 3.50. The topological polar surface area (TPSA) is 73.0 Å². The van der Waals surface area contributed by atoms with E-state index < -0.39 is 10.0 Å². The van der Waals surface area contributed by atoms with Crippen molar-refractivity contribution in [3.05, 3.63) is 48.3 Å². The van der Waals surface area contributed by atoms with Crippen molar-refractivity contribution in [2.24, 2.45) is 7.05 Å². The first-order valence-electron chi connectivity index (χ1n) is 9.79. The Kier molecular flexibility index (Phi) is 5.61. The van der Waals surface area contributed by atoms with Crippen LogP contribution in [0.15, 0.2) is 52.5 Å². The van der Waals surface area contributed by atoms with Crippen molar-refractivity contribution in [3.8, 4) is 0 Å². The van der Waals surface area contributed by atoms with Crippen LogP contribution < -0.4 is 0 Å². The Morgan fingerprint density at radius 1 is 1.03 bits per heavy atom. The number of aromatic nitrogens is 4. The van der Waals surface area contributed by atoms with Gasteiger partial charge in [0, 0.05) is 27.7 Å². The van der Waals surface area contributed by atoms with E-state index in [9.17, 15) is 8.42 Å². The monoisotopic (exact) mass is 443 g/mol. The van der Waals surface area contributed by atoms with Crippen molar-refractivity contribution in [2.75, 3.05) is 14.1 Å². The summed E-state index contributed by atoms with van der Waals surface area (Å²) in [6.45, 7) is 2.95. The quantitative estimate of drug-likeness (QED) is 0.405. The zero-order valence-electron chi connectivity index (χ0n) is 17.5. The number of nitrogens with zero attached hydrogens (tertiary/aromatic N) is 5. The normalized spacial score (nSPS) is 12.4. The Morgan fingerprint density at radius 3 is 2.50 bits per heavy atom. The number of benzene rings is 2. The average Bonchev–Trinajstić information content (AvgIpc) is 3.24. The molecule has 0 N–H and O–H groups in total. The molecule has 2 aromatic carbocycles. The third-order valence-electron chi connectivity index (χ3n) is 5.10. The van der Waals surface area contributed by atoms with Gasteiger partial charge in [0.25, 0.3) is 0 Å². The predicted molar refractivity (Wildman–Crippen MR) is 121 cm³/mol. The summed E-state index contributed by atoms with van der Waals surface area (Å²) in [6.07, 6.45) is 0.965. The third-order valence-corrected chi connectivity index (χ3v) is 7.94. The number of hydrogen-bond donors (Lipinski definition) is 0. The molecule has 0 saturated carbocycles. The van der Waals surface area contributed by atoms with E-state index >= 15 is 0 Å². The third kappa shape index (κ3) is 3.61. The van der Waals surface area contributed by atoms with Crippen LogP contribution in [-0.2, 0) is 29.4 Å². The summed E-state index contributed by atoms with van der Waals surface area (Å²) in [7, 11) is 1.60. The molecule has 2 heterocycles. The SMILES string of the molecule is CCCn1c(CSc2nc3ccccc3n2C)nc2cc(S(=O)(=O)N(C)C)ccc21. The first-order valence-corrected chi connectivity index (χ1v) is 12.2. The van der Waals surface area contributed by atoms with E-state index in [1.54, 1.807) is 23.9 Å². The molecule has 0 amide bonds. The van der Waals surface area contributed by atoms with E-state index in [-0.39, 0.29) is 4.90 Å². The summed E-state index contributed by atoms with van der Waals surface area (Å²) in [5.74, 6) is 1.57. The molecular weight excluding hydrogens is 418 g/mol. The molecule has 30 heavy (non-hydrogen) atoms. The Hall–Kier alpha value is -2.36. The molecule has 0 aliphatic carbocycles. The first-order chi connectivity index (χ1) is 14.3. The Morgan fingerprint density at radius 2 is 1.80 bits per heavy atom. The lowest BCUT2D eigenvalue weighted by molar-refractivity contribution is 0.521. The highest BCUT2D eigenvalue weighted by atomic mass is 32.2. The molecule has 4 rings (SSSR count). The van der Waals surface area contributed by atoms with Crippen LogP contribution in [0.3, 0.4) is 0 Å². The van der Waals surface area contributed by atoms with Gasteiger partial charge in [-0.1, -0.05) is 30.8 Å². The van der Waals surface area contributed by atoms with Gasteiger partial charge in [0.1, 0.15) is 5.82 Å². The molecule has 0 saturated heterocycles. The van der Waals surface area contributed by atoms with E-state index in [0.29, 0.717) is 11.3 Å². The maximum Gasteiger partial charge on any atom is 0.242 e. The molecule has 0 unspecified atom stereocenters. The number of hydrogen-bond acceptors (Lipinski definition) is 5. The molecule has 0 aliphatic heterocycles. The number of imidazole rings is 2. The van der Waals surface area contributed by atoms with Gasteiger partial charge in [0.15, 0.2) is 5.16 Å². The molecular formula is C21H25N5O2S2. The van der Waals surface area contributed by atoms with E-state index in [0.717, 1.165) is 40.5 Å². The van der Waals surface area contributed by atoms with Crippen molar-refractivity contribution in [3.63, 3.8) is 0 Å². The molecule has 0 aliphatic rings. The van der Waals surface area contributed by atoms with Gasteiger partial charge in [-0.15, -0.1) is 0 Å². The van der Waals surface area contributed by atoms with Crippen LogP contribution in [-0.4, -0.2) is 45.9 Å². The number of thioether (sulfide) groups is 1. The van der Waals surface area contributed by atoms with Gasteiger partial charge in [0.05, 0.1) is 32.7 Å². The lowest BCUT2D eigenvalue weighted by Crippen LogP contribution is -2.22. The van der Waals surface area contributed by atoms with Gasteiger partial charge in [-0.2, -0.15) is 0 Å². The summed E-state index contributed by atoms with van der Waals surface area (Å²) in [5, 5.41) is 0.933. The average molecular weight is 444 g/mol. The zero-order chi connectivity index (χ0) is 21.5. The van der Waals surface area contributed by atoms with E-state index in [2.05, 4.69) is 22.1 Å². The molecule has 0 spiro atoms. The Labute approximate surface area is 180 Å². The maximum absolute atomic E-state index is 12.5. The van der Waals surface area contributed by atoms with Crippen LogP contribution in [0.2, 0.25) is 0 Å². The van der Waals surface area contributed by atoms with Crippen LogP contribution in [0.1, 0.15) is 19.2 Å². The minimum absolute atomic E-state index is 0.260. The van der Waals surface area contributed by atoms with Gasteiger partial charge in [-0.3, -0.25) is 0 Å². The summed E-state index contributed by atoms with van der Waals surface area (Å²) in [5.41, 5.74) is 3.73. The second-order valence-electron chi connectivity index (χ2n) is 7.35. The van der Waals surface area contributed by atoms with Crippen molar-refractivity contribution in [1.82, 2.24) is 23.4 Å². The molecule has 0 atom stereocenters. The van der Waals surface area contributed by atoms with Crippen LogP contribution >= 0.6 is 11.8 Å². The number of para-hydroxylation sites is 2. The second-order valence-corrected chi connectivity index (χ2v) is 10.4. The minimum Gasteiger partial charge on any atom is -0.327 e. The standard InChI is InChI=1S/C21H25N5O2S2/c1-5-12-26-19-11-10-15(30(27,28)24(2)3)13-17(19)22-20(26)14-29-21-23-16-8-6-7-9-18(16)25(21)4/h6-11,13H,5,12,14H2,1-4H3. The molecule has 0 bridgehead atoms. The summed E-state index contributed by atoms with van der Waals surface area (Å²) >= 11 is 1.64. The largest absolute Gasteiger partial charge is 0.327 e. The Balaban J connectivity index is 1.70. The molecule has 7 nitrogen and oxygen atoms in total. The van der Waals surface area contributed by atoms with Crippen molar-refractivity contribution in [2.45, 2.75) is 35.7 Å². The van der Waals surface area contributed by atoms with Gasteiger partial charge >= 0.3 is 0 Å². The van der Waals surface area contributed by atoms with Crippen LogP contribution in [0.25, 0.3) is 22.1 Å². The Bertz CT molecular complexity index is 1320. The summed E-state index contributed by atoms with van der Waals surface area (Å²) < 4.78 is 30.5. The summed E-state index contributed by atoms with van der Waals surface area (Å²) in [6, 6.07) is 13.3. The predicted octanol–water partition coefficient (Wildman–Crippen LogP) is 3.88. The molecule has 0 fully saturated rings. The highest BCUT2D eigenvalue weighted by Gasteiger charge is 2.20. The number of fused-ring (bicyclic) bond motifs is 2. The van der Waals surface area contributed by atoms with Crippen molar-refractivity contribution < 1.29 is 8.42 Å². The van der Waals surface area contributed by atoms with E-state index in [1.165, 1.54) is 18.4 Å². The molecule has 158 valence electrons. The smallest absolute Gasteiger partial charge is 0.242 e. The van der Waals surface area contributed by atoms with Crippen molar-refractivity contribution >= 4 is 43.9 Å². The highest BCUT2D eigenvalue weighted by molar-refractivity contribution is 7.98. The fourth-order valence-corrected chi connectivity index (χ4v) is 5.35. The second kappa shape index (κ2) is 8.05. The number of rotatable bonds is 7. The van der Waals surface area contributed by atoms with Gasteiger partial charge in [0.2, 0.25) is 10.0 Å². The minimum atomic E-state index is -3.49. The van der Waals surface area contributed by atoms with Crippen LogP contribution in [0, 0.1) is 0 Å². The number of aryl methyl sites for hydroxylation is 2. The van der Waals surface area contributed by atoms with Crippen molar-refractivity contribution in [1.29, 1.82) is 0 Å². The lowest BCUT2D eigenvalue weighted by Gasteiger charge is -2.11.